The third kappa shape index (κ3) is 3.63. The molecule has 0 spiro atoms. The van der Waals surface area contributed by atoms with E-state index in [1.165, 1.54) is 12.1 Å². The molecule has 29 heavy (non-hydrogen) atoms. The van der Waals surface area contributed by atoms with Crippen LogP contribution in [0.15, 0.2) is 54.7 Å². The third-order valence-corrected chi connectivity index (χ3v) is 5.27. The van der Waals surface area contributed by atoms with Gasteiger partial charge in [-0.2, -0.15) is 0 Å². The first-order valence-corrected chi connectivity index (χ1v) is 9.38. The molecule has 1 saturated heterocycles. The Morgan fingerprint density at radius 2 is 1.90 bits per heavy atom. The first kappa shape index (κ1) is 18.9. The number of anilines is 2. The summed E-state index contributed by atoms with van der Waals surface area (Å²) in [6, 6.07) is 13.7. The van der Waals surface area contributed by atoms with Crippen LogP contribution in [0.1, 0.15) is 12.0 Å². The van der Waals surface area contributed by atoms with E-state index in [-0.39, 0.29) is 24.1 Å². The van der Waals surface area contributed by atoms with Gasteiger partial charge in [-0.1, -0.05) is 18.2 Å². The summed E-state index contributed by atoms with van der Waals surface area (Å²) in [5.74, 6) is -0.683. The number of carbonyl (C=O) groups is 2. The van der Waals surface area contributed by atoms with Gasteiger partial charge < -0.3 is 9.47 Å². The van der Waals surface area contributed by atoms with Crippen molar-refractivity contribution in [2.24, 2.45) is 13.0 Å². The smallest absolute Gasteiger partial charge is 0.232 e. The van der Waals surface area contributed by atoms with Gasteiger partial charge in [0.05, 0.1) is 17.8 Å². The molecule has 1 fully saturated rings. The second-order valence-electron chi connectivity index (χ2n) is 7.21. The summed E-state index contributed by atoms with van der Waals surface area (Å²) in [5, 5.41) is 2.82. The number of rotatable bonds is 4. The number of hydrogen-bond acceptors (Lipinski definition) is 3. The SMILES string of the molecule is Cc1ccccc1N1CC(C(=O)Nc2ncc(-c3ccc(F)cc3)n2C)CC1=O. The van der Waals surface area contributed by atoms with Crippen LogP contribution in [-0.2, 0) is 16.6 Å². The van der Waals surface area contributed by atoms with Crippen molar-refractivity contribution in [3.05, 3.63) is 66.1 Å². The van der Waals surface area contributed by atoms with E-state index in [0.717, 1.165) is 22.5 Å². The highest BCUT2D eigenvalue weighted by Gasteiger charge is 2.36. The predicted molar refractivity (Wildman–Crippen MR) is 109 cm³/mol. The van der Waals surface area contributed by atoms with Gasteiger partial charge in [0.2, 0.25) is 17.8 Å². The lowest BCUT2D eigenvalue weighted by atomic mass is 10.1. The third-order valence-electron chi connectivity index (χ3n) is 5.27. The van der Waals surface area contributed by atoms with Crippen LogP contribution in [0.2, 0.25) is 0 Å². The summed E-state index contributed by atoms with van der Waals surface area (Å²) in [6.07, 6.45) is 1.79. The zero-order valence-corrected chi connectivity index (χ0v) is 16.2. The van der Waals surface area contributed by atoms with Gasteiger partial charge in [-0.15, -0.1) is 0 Å². The van der Waals surface area contributed by atoms with Crippen LogP contribution in [0.5, 0.6) is 0 Å². The molecular weight excluding hydrogens is 371 g/mol. The Hall–Kier alpha value is -3.48. The Morgan fingerprint density at radius 3 is 2.62 bits per heavy atom. The molecule has 1 atom stereocenters. The van der Waals surface area contributed by atoms with E-state index >= 15 is 0 Å². The molecule has 1 aliphatic heterocycles. The summed E-state index contributed by atoms with van der Waals surface area (Å²) in [5.41, 5.74) is 3.38. The van der Waals surface area contributed by atoms with Gasteiger partial charge in [-0.3, -0.25) is 14.9 Å². The summed E-state index contributed by atoms with van der Waals surface area (Å²) in [4.78, 5) is 31.2. The minimum atomic E-state index is -0.451. The second kappa shape index (κ2) is 7.50. The van der Waals surface area contributed by atoms with Crippen molar-refractivity contribution >= 4 is 23.5 Å². The van der Waals surface area contributed by atoms with Crippen molar-refractivity contribution in [1.82, 2.24) is 9.55 Å². The minimum absolute atomic E-state index is 0.0636. The number of amides is 2. The van der Waals surface area contributed by atoms with Gasteiger partial charge in [0.15, 0.2) is 0 Å². The number of imidazole rings is 1. The van der Waals surface area contributed by atoms with Gasteiger partial charge in [-0.05, 0) is 42.8 Å². The first-order valence-electron chi connectivity index (χ1n) is 9.38. The van der Waals surface area contributed by atoms with Crippen LogP contribution in [0, 0.1) is 18.7 Å². The first-order chi connectivity index (χ1) is 13.9. The predicted octanol–water partition coefficient (Wildman–Crippen LogP) is 3.53. The summed E-state index contributed by atoms with van der Waals surface area (Å²) in [6.45, 7) is 2.28. The highest BCUT2D eigenvalue weighted by Crippen LogP contribution is 2.29. The van der Waals surface area contributed by atoms with Crippen LogP contribution in [-0.4, -0.2) is 27.9 Å². The summed E-state index contributed by atoms with van der Waals surface area (Å²) >= 11 is 0. The minimum Gasteiger partial charge on any atom is -0.313 e. The van der Waals surface area contributed by atoms with E-state index in [1.807, 2.05) is 31.2 Å². The van der Waals surface area contributed by atoms with E-state index < -0.39 is 5.92 Å². The Kier molecular flexibility index (Phi) is 4.88. The molecule has 1 aromatic heterocycles. The second-order valence-corrected chi connectivity index (χ2v) is 7.21. The number of aryl methyl sites for hydroxylation is 1. The number of aromatic nitrogens is 2. The molecule has 148 valence electrons. The molecule has 1 unspecified atom stereocenters. The summed E-state index contributed by atoms with van der Waals surface area (Å²) < 4.78 is 14.9. The monoisotopic (exact) mass is 392 g/mol. The molecule has 1 aliphatic rings. The molecule has 3 aromatic rings. The number of hydrogen-bond donors (Lipinski definition) is 1. The molecule has 1 N–H and O–H groups in total. The van der Waals surface area contributed by atoms with E-state index in [2.05, 4.69) is 10.3 Å². The van der Waals surface area contributed by atoms with Crippen molar-refractivity contribution in [2.75, 3.05) is 16.8 Å². The van der Waals surface area contributed by atoms with Crippen LogP contribution < -0.4 is 10.2 Å². The van der Waals surface area contributed by atoms with E-state index in [0.29, 0.717) is 12.5 Å². The average molecular weight is 392 g/mol. The lowest BCUT2D eigenvalue weighted by molar-refractivity contribution is -0.122. The van der Waals surface area contributed by atoms with Crippen molar-refractivity contribution in [1.29, 1.82) is 0 Å². The van der Waals surface area contributed by atoms with Crippen molar-refractivity contribution in [2.45, 2.75) is 13.3 Å². The molecule has 0 aliphatic carbocycles. The van der Waals surface area contributed by atoms with E-state index in [1.54, 1.807) is 34.8 Å². The van der Waals surface area contributed by atoms with Crippen LogP contribution >= 0.6 is 0 Å². The molecule has 2 amide bonds. The van der Waals surface area contributed by atoms with Gasteiger partial charge in [-0.25, -0.2) is 9.37 Å². The van der Waals surface area contributed by atoms with Crippen LogP contribution in [0.3, 0.4) is 0 Å². The van der Waals surface area contributed by atoms with E-state index in [9.17, 15) is 14.0 Å². The Labute approximate surface area is 168 Å². The van der Waals surface area contributed by atoms with Crippen molar-refractivity contribution in [3.8, 4) is 11.3 Å². The van der Waals surface area contributed by atoms with Crippen LogP contribution in [0.4, 0.5) is 16.0 Å². The number of benzene rings is 2. The number of nitrogens with zero attached hydrogens (tertiary/aromatic N) is 3. The van der Waals surface area contributed by atoms with Crippen molar-refractivity contribution < 1.29 is 14.0 Å². The average Bonchev–Trinajstić information content (AvgIpc) is 3.26. The lowest BCUT2D eigenvalue weighted by Crippen LogP contribution is -2.29. The highest BCUT2D eigenvalue weighted by molar-refractivity contribution is 6.03. The fourth-order valence-corrected chi connectivity index (χ4v) is 3.61. The van der Waals surface area contributed by atoms with Gasteiger partial charge in [0, 0.05) is 31.3 Å². The standard InChI is InChI=1S/C22H21FN4O2/c1-14-5-3-4-6-18(14)27-13-16(11-20(27)28)21(29)25-22-24-12-19(26(22)2)15-7-9-17(23)10-8-15/h3-10,12,16H,11,13H2,1-2H3,(H,24,25,29). The maximum atomic E-state index is 13.2. The summed E-state index contributed by atoms with van der Waals surface area (Å²) in [7, 11) is 1.78. The van der Waals surface area contributed by atoms with Gasteiger partial charge >= 0.3 is 0 Å². The number of halogens is 1. The van der Waals surface area contributed by atoms with Crippen LogP contribution in [0.25, 0.3) is 11.3 Å². The van der Waals surface area contributed by atoms with Crippen molar-refractivity contribution in [3.63, 3.8) is 0 Å². The number of carbonyl (C=O) groups excluding carboxylic acids is 2. The molecule has 4 rings (SSSR count). The lowest BCUT2D eigenvalue weighted by Gasteiger charge is -2.18. The maximum Gasteiger partial charge on any atom is 0.232 e. The topological polar surface area (TPSA) is 67.2 Å². The zero-order chi connectivity index (χ0) is 20.5. The Morgan fingerprint density at radius 1 is 1.17 bits per heavy atom. The van der Waals surface area contributed by atoms with E-state index in [4.69, 9.17) is 0 Å². The molecule has 0 radical (unpaired) electrons. The molecule has 0 saturated carbocycles. The largest absolute Gasteiger partial charge is 0.313 e. The number of nitrogens with one attached hydrogen (secondary N) is 1. The molecule has 0 bridgehead atoms. The number of para-hydroxylation sites is 1. The maximum absolute atomic E-state index is 13.2. The zero-order valence-electron chi connectivity index (χ0n) is 16.2. The quantitative estimate of drug-likeness (QED) is 0.739. The normalized spacial score (nSPS) is 16.3. The molecule has 7 heteroatoms. The highest BCUT2D eigenvalue weighted by atomic mass is 19.1. The van der Waals surface area contributed by atoms with Gasteiger partial charge in [0.25, 0.3) is 0 Å². The fraction of sp³-hybridized carbons (Fsp3) is 0.227. The molecule has 2 aromatic carbocycles. The Bertz CT molecular complexity index is 1070. The molecular formula is C22H21FN4O2. The molecule has 2 heterocycles. The Balaban J connectivity index is 1.48. The van der Waals surface area contributed by atoms with Gasteiger partial charge in [0.1, 0.15) is 5.82 Å². The fourth-order valence-electron chi connectivity index (χ4n) is 3.61. The molecule has 6 nitrogen and oxygen atoms in total.